The Morgan fingerprint density at radius 1 is 0.921 bits per heavy atom. The summed E-state index contributed by atoms with van der Waals surface area (Å²) in [6.45, 7) is 10.4. The van der Waals surface area contributed by atoms with Crippen LogP contribution in [0.4, 0.5) is 0 Å². The van der Waals surface area contributed by atoms with E-state index in [-0.39, 0.29) is 17.6 Å². The van der Waals surface area contributed by atoms with Crippen LogP contribution in [0, 0.1) is 35.5 Å². The number of fused-ring (bicyclic) bond motifs is 1. The van der Waals surface area contributed by atoms with Gasteiger partial charge in [-0.1, -0.05) is 65.0 Å². The molecule has 0 spiro atoms. The van der Waals surface area contributed by atoms with Crippen molar-refractivity contribution >= 4 is 28.7 Å². The number of para-hydroxylation sites is 1. The second-order valence-electron chi connectivity index (χ2n) is 11.4. The number of ether oxygens (including phenoxy) is 1. The maximum absolute atomic E-state index is 13.2. The van der Waals surface area contributed by atoms with Gasteiger partial charge in [0.25, 0.3) is 0 Å². The second-order valence-corrected chi connectivity index (χ2v) is 11.4. The molecule has 1 saturated heterocycles. The fourth-order valence-corrected chi connectivity index (χ4v) is 5.56. The van der Waals surface area contributed by atoms with E-state index in [2.05, 4.69) is 4.98 Å². The van der Waals surface area contributed by atoms with Crippen LogP contribution in [0.15, 0.2) is 42.6 Å². The number of aromatic nitrogens is 1. The molecular formula is C31H43NO6. The number of carbonyl (C=O) groups is 2. The van der Waals surface area contributed by atoms with E-state index in [4.69, 9.17) is 4.74 Å². The molecule has 0 radical (unpaired) electrons. The van der Waals surface area contributed by atoms with Crippen LogP contribution in [0.5, 0.6) is 0 Å². The molecule has 1 aliphatic rings. The van der Waals surface area contributed by atoms with Crippen LogP contribution in [-0.4, -0.2) is 56.5 Å². The number of ketones is 1. The van der Waals surface area contributed by atoms with Crippen molar-refractivity contribution in [3.8, 4) is 0 Å². The predicted octanol–water partition coefficient (Wildman–Crippen LogP) is 4.42. The molecule has 0 saturated carbocycles. The number of aliphatic hydroxyl groups excluding tert-OH is 3. The molecule has 0 aliphatic carbocycles. The van der Waals surface area contributed by atoms with Crippen LogP contribution in [0.25, 0.3) is 17.0 Å². The minimum absolute atomic E-state index is 0.0927. The zero-order valence-electron chi connectivity index (χ0n) is 23.3. The largest absolute Gasteiger partial charge is 0.461 e. The lowest BCUT2D eigenvalue weighted by molar-refractivity contribution is -0.165. The van der Waals surface area contributed by atoms with Gasteiger partial charge in [-0.05, 0) is 37.0 Å². The van der Waals surface area contributed by atoms with E-state index >= 15 is 0 Å². The van der Waals surface area contributed by atoms with Gasteiger partial charge in [0.05, 0.1) is 29.7 Å². The Balaban J connectivity index is 1.87. The van der Waals surface area contributed by atoms with E-state index in [1.807, 2.05) is 56.3 Å². The van der Waals surface area contributed by atoms with Crippen molar-refractivity contribution in [2.45, 2.75) is 78.8 Å². The van der Waals surface area contributed by atoms with Gasteiger partial charge in [0.1, 0.15) is 11.9 Å². The van der Waals surface area contributed by atoms with E-state index in [9.17, 15) is 24.9 Å². The van der Waals surface area contributed by atoms with Crippen molar-refractivity contribution in [2.75, 3.05) is 0 Å². The summed E-state index contributed by atoms with van der Waals surface area (Å²) in [6, 6.07) is 9.84. The smallest absolute Gasteiger partial charge is 0.311 e. The molecule has 10 atom stereocenters. The van der Waals surface area contributed by atoms with Crippen molar-refractivity contribution in [1.82, 2.24) is 4.98 Å². The molecule has 7 nitrogen and oxygen atoms in total. The molecule has 0 amide bonds. The molecule has 1 aromatic heterocycles. The van der Waals surface area contributed by atoms with Crippen LogP contribution in [0.3, 0.4) is 0 Å². The van der Waals surface area contributed by atoms with E-state index in [0.29, 0.717) is 12.8 Å². The number of hydrogen-bond donors (Lipinski definition) is 3. The summed E-state index contributed by atoms with van der Waals surface area (Å²) in [5, 5.41) is 33.9. The molecular weight excluding hydrogens is 482 g/mol. The summed E-state index contributed by atoms with van der Waals surface area (Å²) in [6.07, 6.45) is 2.51. The van der Waals surface area contributed by atoms with Crippen molar-refractivity contribution in [1.29, 1.82) is 0 Å². The van der Waals surface area contributed by atoms with E-state index in [1.165, 1.54) is 0 Å². The Bertz CT molecular complexity index is 1130. The van der Waals surface area contributed by atoms with Crippen molar-refractivity contribution in [2.24, 2.45) is 35.5 Å². The average Bonchev–Trinajstić information content (AvgIpc) is 2.92. The Hall–Kier alpha value is -2.61. The number of rotatable bonds is 3. The first kappa shape index (κ1) is 29.9. The molecule has 1 fully saturated rings. The number of aliphatic hydroxyl groups is 3. The third-order valence-electron chi connectivity index (χ3n) is 8.40. The standard InChI is InChI=1S/C31H43NO6/c1-17-14-18(2)28(34)21(5)30(36)22(6)31(37)38-26(19(3)29(35)20(4)27(17)33)13-9-10-23-15-24-11-7-8-12-25(24)32-16-23/h7-12,15-22,26,28-30,34-36H,13-14H2,1-6H3/b10-9+. The highest BCUT2D eigenvalue weighted by Crippen LogP contribution is 2.31. The van der Waals surface area contributed by atoms with Gasteiger partial charge in [-0.15, -0.1) is 0 Å². The van der Waals surface area contributed by atoms with Gasteiger partial charge in [0.15, 0.2) is 0 Å². The molecule has 3 N–H and O–H groups in total. The van der Waals surface area contributed by atoms with Crippen molar-refractivity contribution < 1.29 is 29.6 Å². The molecule has 7 heteroatoms. The zero-order valence-corrected chi connectivity index (χ0v) is 23.3. The Morgan fingerprint density at radius 3 is 2.29 bits per heavy atom. The van der Waals surface area contributed by atoms with Crippen LogP contribution in [0.2, 0.25) is 0 Å². The van der Waals surface area contributed by atoms with E-state index < -0.39 is 54.1 Å². The van der Waals surface area contributed by atoms with Gasteiger partial charge < -0.3 is 20.1 Å². The molecule has 0 bridgehead atoms. The number of carbonyl (C=O) groups excluding carboxylic acids is 2. The molecule has 2 aromatic rings. The SMILES string of the molecule is CC1CC(C)C(O)C(C)C(O)C(C)C(=O)OC(C/C=C/c2cnc3ccccc3c2)C(C)C(O)C(C)C1=O. The molecule has 3 rings (SSSR count). The number of nitrogens with zero attached hydrogens (tertiary/aromatic N) is 1. The first-order valence-electron chi connectivity index (χ1n) is 13.7. The van der Waals surface area contributed by atoms with Crippen LogP contribution in [0.1, 0.15) is 59.9 Å². The third-order valence-corrected chi connectivity index (χ3v) is 8.40. The van der Waals surface area contributed by atoms with E-state index in [1.54, 1.807) is 33.9 Å². The second kappa shape index (κ2) is 13.0. The maximum Gasteiger partial charge on any atom is 0.311 e. The topological polar surface area (TPSA) is 117 Å². The molecule has 38 heavy (non-hydrogen) atoms. The number of cyclic esters (lactones) is 1. The van der Waals surface area contributed by atoms with Crippen molar-refractivity contribution in [3.63, 3.8) is 0 Å². The van der Waals surface area contributed by atoms with Gasteiger partial charge in [0, 0.05) is 41.7 Å². The molecule has 2 heterocycles. The van der Waals surface area contributed by atoms with Crippen molar-refractivity contribution in [3.05, 3.63) is 48.2 Å². The Kier molecular flexibility index (Phi) is 10.2. The lowest BCUT2D eigenvalue weighted by atomic mass is 9.77. The highest BCUT2D eigenvalue weighted by Gasteiger charge is 2.40. The minimum Gasteiger partial charge on any atom is -0.461 e. The summed E-state index contributed by atoms with van der Waals surface area (Å²) in [5.41, 5.74) is 1.79. The molecule has 1 aromatic carbocycles. The molecule has 1 aliphatic heterocycles. The Morgan fingerprint density at radius 2 is 1.58 bits per heavy atom. The zero-order chi connectivity index (χ0) is 28.1. The number of Topliss-reactive ketones (excluding diaryl/α,β-unsaturated/α-hetero) is 1. The van der Waals surface area contributed by atoms with Crippen LogP contribution < -0.4 is 0 Å². The van der Waals surface area contributed by atoms with Gasteiger partial charge in [-0.25, -0.2) is 0 Å². The lowest BCUT2D eigenvalue weighted by Gasteiger charge is -2.36. The number of pyridine rings is 1. The summed E-state index contributed by atoms with van der Waals surface area (Å²) >= 11 is 0. The van der Waals surface area contributed by atoms with E-state index in [0.717, 1.165) is 16.5 Å². The Labute approximate surface area is 225 Å². The van der Waals surface area contributed by atoms with Crippen LogP contribution in [-0.2, 0) is 14.3 Å². The van der Waals surface area contributed by atoms with Gasteiger partial charge in [-0.3, -0.25) is 14.6 Å². The minimum atomic E-state index is -1.12. The molecule has 10 unspecified atom stereocenters. The van der Waals surface area contributed by atoms with Gasteiger partial charge in [0.2, 0.25) is 0 Å². The fourth-order valence-electron chi connectivity index (χ4n) is 5.56. The normalized spacial score (nSPS) is 36.2. The summed E-state index contributed by atoms with van der Waals surface area (Å²) in [4.78, 5) is 30.8. The first-order chi connectivity index (χ1) is 17.9. The highest BCUT2D eigenvalue weighted by atomic mass is 16.5. The predicted molar refractivity (Wildman–Crippen MR) is 148 cm³/mol. The van der Waals surface area contributed by atoms with Crippen LogP contribution >= 0.6 is 0 Å². The number of benzene rings is 1. The summed E-state index contributed by atoms with van der Waals surface area (Å²) in [7, 11) is 0. The third kappa shape index (κ3) is 6.87. The number of hydrogen-bond acceptors (Lipinski definition) is 7. The average molecular weight is 526 g/mol. The summed E-state index contributed by atoms with van der Waals surface area (Å²) < 4.78 is 5.87. The van der Waals surface area contributed by atoms with Gasteiger partial charge >= 0.3 is 5.97 Å². The van der Waals surface area contributed by atoms with Gasteiger partial charge in [-0.2, -0.15) is 0 Å². The monoisotopic (exact) mass is 525 g/mol. The first-order valence-corrected chi connectivity index (χ1v) is 13.7. The maximum atomic E-state index is 13.2. The number of esters is 1. The summed E-state index contributed by atoms with van der Waals surface area (Å²) in [5.74, 6) is -3.98. The highest BCUT2D eigenvalue weighted by molar-refractivity contribution is 5.83. The lowest BCUT2D eigenvalue weighted by Crippen LogP contribution is -2.45. The molecule has 208 valence electrons. The fraction of sp³-hybridized carbons (Fsp3) is 0.581. The quantitative estimate of drug-likeness (QED) is 0.508.